The van der Waals surface area contributed by atoms with Gasteiger partial charge in [0.1, 0.15) is 0 Å². The van der Waals surface area contributed by atoms with Gasteiger partial charge in [-0.3, -0.25) is 0 Å². The van der Waals surface area contributed by atoms with Crippen molar-refractivity contribution in [2.45, 2.75) is 33.2 Å². The fraction of sp³-hybridized carbons (Fsp3) is 0.571. The Morgan fingerprint density at radius 2 is 1.50 bits per heavy atom. The number of hydrogen-bond donors (Lipinski definition) is 0. The molecule has 0 radical (unpaired) electrons. The fourth-order valence-corrected chi connectivity index (χ4v) is 5.79. The number of halogens is 2. The van der Waals surface area contributed by atoms with Crippen molar-refractivity contribution < 1.29 is 13.3 Å². The van der Waals surface area contributed by atoms with E-state index in [0.717, 1.165) is 12.5 Å². The molecule has 0 aliphatic heterocycles. The summed E-state index contributed by atoms with van der Waals surface area (Å²) in [4.78, 5) is 0. The zero-order valence-corrected chi connectivity index (χ0v) is 17.6. The minimum Gasteiger partial charge on any atom is -0.374 e. The minimum absolute atomic E-state index is 0.635. The van der Waals surface area contributed by atoms with Gasteiger partial charge in [-0.2, -0.15) is 0 Å². The lowest BCUT2D eigenvalue weighted by atomic mass is 10.2. The number of benzene rings is 1. The van der Waals surface area contributed by atoms with Gasteiger partial charge in [0, 0.05) is 33.0 Å². The maximum absolute atomic E-state index is 5.89. The highest BCUT2D eigenvalue weighted by molar-refractivity contribution is 14.1. The summed E-state index contributed by atoms with van der Waals surface area (Å²) in [6.45, 7) is 7.89. The average molecular weight is 520 g/mol. The largest absolute Gasteiger partial charge is 0.501 e. The molecule has 3 nitrogen and oxygen atoms in total. The first-order valence-corrected chi connectivity index (χ1v) is 11.0. The van der Waals surface area contributed by atoms with Gasteiger partial charge in [-0.25, -0.2) is 0 Å². The predicted molar refractivity (Wildman–Crippen MR) is 101 cm³/mol. The average Bonchev–Trinajstić information content (AvgIpc) is 2.41. The van der Waals surface area contributed by atoms with Gasteiger partial charge in [0.15, 0.2) is 0 Å². The van der Waals surface area contributed by atoms with E-state index in [1.54, 1.807) is 0 Å². The van der Waals surface area contributed by atoms with Crippen LogP contribution in [0.25, 0.3) is 0 Å². The summed E-state index contributed by atoms with van der Waals surface area (Å²) in [7, 11) is -2.52. The van der Waals surface area contributed by atoms with Gasteiger partial charge in [-0.1, -0.05) is 12.1 Å². The van der Waals surface area contributed by atoms with Crippen molar-refractivity contribution in [1.82, 2.24) is 0 Å². The lowest BCUT2D eigenvalue weighted by Gasteiger charge is -2.28. The van der Waals surface area contributed by atoms with Crippen molar-refractivity contribution >= 4 is 54.0 Å². The Morgan fingerprint density at radius 1 is 0.950 bits per heavy atom. The van der Waals surface area contributed by atoms with E-state index in [4.69, 9.17) is 13.3 Å². The SMILES string of the molecule is CCO[Si](CCc1cccc(I)c1I)(OCC)OCC. The minimum atomic E-state index is -2.52. The van der Waals surface area contributed by atoms with Gasteiger partial charge in [0.2, 0.25) is 0 Å². The molecule has 0 aromatic heterocycles. The van der Waals surface area contributed by atoms with Crippen LogP contribution in [0.5, 0.6) is 0 Å². The molecule has 0 unspecified atom stereocenters. The fourth-order valence-electron chi connectivity index (χ4n) is 2.03. The van der Waals surface area contributed by atoms with Crippen molar-refractivity contribution in [3.05, 3.63) is 30.9 Å². The molecular formula is C14H22I2O3Si. The molecule has 1 aromatic carbocycles. The van der Waals surface area contributed by atoms with Gasteiger partial charge < -0.3 is 13.3 Å². The van der Waals surface area contributed by atoms with Crippen molar-refractivity contribution in [3.8, 4) is 0 Å². The molecule has 1 aromatic rings. The maximum Gasteiger partial charge on any atom is 0.501 e. The first-order valence-electron chi connectivity index (χ1n) is 6.93. The molecular weight excluding hydrogens is 498 g/mol. The molecule has 0 amide bonds. The summed E-state index contributed by atoms with van der Waals surface area (Å²) >= 11 is 4.78. The Balaban J connectivity index is 2.81. The Morgan fingerprint density at radius 3 is 2.00 bits per heavy atom. The van der Waals surface area contributed by atoms with Crippen LogP contribution in [-0.2, 0) is 19.7 Å². The molecule has 0 fully saturated rings. The summed E-state index contributed by atoms with van der Waals surface area (Å²) in [6, 6.07) is 7.24. The predicted octanol–water partition coefficient (Wildman–Crippen LogP) is 4.49. The van der Waals surface area contributed by atoms with Crippen LogP contribution in [0.15, 0.2) is 18.2 Å². The number of aryl methyl sites for hydroxylation is 1. The molecule has 6 heteroatoms. The summed E-state index contributed by atoms with van der Waals surface area (Å²) in [5.41, 5.74) is 1.34. The van der Waals surface area contributed by atoms with Crippen LogP contribution in [0.3, 0.4) is 0 Å². The Bertz CT molecular complexity index is 398. The highest BCUT2D eigenvalue weighted by Gasteiger charge is 2.39. The molecule has 20 heavy (non-hydrogen) atoms. The Kier molecular flexibility index (Phi) is 9.15. The van der Waals surface area contributed by atoms with E-state index in [2.05, 4.69) is 63.4 Å². The lowest BCUT2D eigenvalue weighted by molar-refractivity contribution is 0.0714. The van der Waals surface area contributed by atoms with E-state index < -0.39 is 8.80 Å². The van der Waals surface area contributed by atoms with Crippen LogP contribution in [0, 0.1) is 7.14 Å². The summed E-state index contributed by atoms with van der Waals surface area (Å²) in [5.74, 6) is 0. The van der Waals surface area contributed by atoms with Crippen LogP contribution >= 0.6 is 45.2 Å². The Hall–Kier alpha value is 0.777. The van der Waals surface area contributed by atoms with Gasteiger partial charge >= 0.3 is 8.80 Å². The van der Waals surface area contributed by atoms with E-state index in [1.807, 2.05) is 20.8 Å². The normalized spacial score (nSPS) is 11.8. The van der Waals surface area contributed by atoms with Crippen LogP contribution in [0.4, 0.5) is 0 Å². The molecule has 1 rings (SSSR count). The molecule has 0 aliphatic rings. The first-order chi connectivity index (χ1) is 9.58. The van der Waals surface area contributed by atoms with E-state index in [-0.39, 0.29) is 0 Å². The quantitative estimate of drug-likeness (QED) is 0.355. The molecule has 0 N–H and O–H groups in total. The molecule has 0 bridgehead atoms. The van der Waals surface area contributed by atoms with Crippen molar-refractivity contribution in [2.24, 2.45) is 0 Å². The third-order valence-electron chi connectivity index (χ3n) is 2.82. The molecule has 0 spiro atoms. The van der Waals surface area contributed by atoms with Crippen molar-refractivity contribution in [1.29, 1.82) is 0 Å². The lowest BCUT2D eigenvalue weighted by Crippen LogP contribution is -2.46. The molecule has 0 saturated heterocycles. The second-order valence-electron chi connectivity index (χ2n) is 4.19. The second kappa shape index (κ2) is 9.72. The topological polar surface area (TPSA) is 27.7 Å². The van der Waals surface area contributed by atoms with Crippen LogP contribution in [0.1, 0.15) is 26.3 Å². The van der Waals surface area contributed by atoms with Crippen LogP contribution in [0.2, 0.25) is 6.04 Å². The van der Waals surface area contributed by atoms with Gasteiger partial charge in [-0.05, 0) is 84.0 Å². The zero-order valence-electron chi connectivity index (χ0n) is 12.2. The van der Waals surface area contributed by atoms with E-state index in [9.17, 15) is 0 Å². The first kappa shape index (κ1) is 18.8. The van der Waals surface area contributed by atoms with E-state index >= 15 is 0 Å². The highest BCUT2D eigenvalue weighted by Crippen LogP contribution is 2.24. The third kappa shape index (κ3) is 5.52. The van der Waals surface area contributed by atoms with E-state index in [1.165, 1.54) is 12.7 Å². The third-order valence-corrected chi connectivity index (χ3v) is 9.08. The second-order valence-corrected chi connectivity index (χ2v) is 9.17. The number of hydrogen-bond acceptors (Lipinski definition) is 3. The summed E-state index contributed by atoms with van der Waals surface area (Å²) in [6.07, 6.45) is 0.932. The highest BCUT2D eigenvalue weighted by atomic mass is 127. The zero-order chi connectivity index (χ0) is 15.0. The molecule has 0 heterocycles. The Labute approximate surface area is 150 Å². The van der Waals surface area contributed by atoms with Gasteiger partial charge in [0.25, 0.3) is 0 Å². The smallest absolute Gasteiger partial charge is 0.374 e. The molecule has 0 atom stereocenters. The number of rotatable bonds is 9. The monoisotopic (exact) mass is 520 g/mol. The molecule has 0 aliphatic carbocycles. The van der Waals surface area contributed by atoms with Crippen LogP contribution < -0.4 is 0 Å². The molecule has 114 valence electrons. The molecule has 0 saturated carbocycles. The van der Waals surface area contributed by atoms with E-state index in [0.29, 0.717) is 19.8 Å². The van der Waals surface area contributed by atoms with Crippen molar-refractivity contribution in [2.75, 3.05) is 19.8 Å². The van der Waals surface area contributed by atoms with Crippen molar-refractivity contribution in [3.63, 3.8) is 0 Å². The van der Waals surface area contributed by atoms with Gasteiger partial charge in [-0.15, -0.1) is 0 Å². The van der Waals surface area contributed by atoms with Crippen LogP contribution in [-0.4, -0.2) is 28.6 Å². The maximum atomic E-state index is 5.89. The standard InChI is InChI=1S/C14H22I2O3Si/c1-4-17-20(18-5-2,19-6-3)11-10-12-8-7-9-13(15)14(12)16/h7-9H,4-6,10-11H2,1-3H3. The summed E-state index contributed by atoms with van der Waals surface area (Å²) < 4.78 is 20.3. The van der Waals surface area contributed by atoms with Gasteiger partial charge in [0.05, 0.1) is 0 Å². The summed E-state index contributed by atoms with van der Waals surface area (Å²) in [5, 5.41) is 0.